The van der Waals surface area contributed by atoms with Gasteiger partial charge < -0.3 is 10.4 Å². The van der Waals surface area contributed by atoms with Gasteiger partial charge in [-0.2, -0.15) is 0 Å². The van der Waals surface area contributed by atoms with Gasteiger partial charge in [0.15, 0.2) is 0 Å². The molecule has 1 saturated heterocycles. The zero-order valence-corrected chi connectivity index (χ0v) is 15.7. The summed E-state index contributed by atoms with van der Waals surface area (Å²) in [5.41, 5.74) is 2.00. The van der Waals surface area contributed by atoms with E-state index in [1.54, 1.807) is 0 Å². The zero-order chi connectivity index (χ0) is 17.9. The molecule has 3 N–H and O–H groups in total. The summed E-state index contributed by atoms with van der Waals surface area (Å²) in [7, 11) is 0. The molecule has 2 heteroatoms. The molecule has 1 aliphatic rings. The van der Waals surface area contributed by atoms with Crippen molar-refractivity contribution in [2.24, 2.45) is 11.8 Å². The van der Waals surface area contributed by atoms with Gasteiger partial charge in [0, 0.05) is 23.0 Å². The minimum absolute atomic E-state index is 0.219. The summed E-state index contributed by atoms with van der Waals surface area (Å²) in [4.78, 5) is 0. The van der Waals surface area contributed by atoms with Gasteiger partial charge in [0.25, 0.3) is 0 Å². The molecule has 1 aliphatic heterocycles. The molecule has 1 fully saturated rings. The highest BCUT2D eigenvalue weighted by molar-refractivity contribution is 5.23. The van der Waals surface area contributed by atoms with Crippen molar-refractivity contribution >= 4 is 0 Å². The number of rotatable bonds is 5. The maximum atomic E-state index is 11.8. The Morgan fingerprint density at radius 1 is 0.840 bits per heavy atom. The SMILES string of the molecule is CCCCC1(O)[C@@H](C)[C@@H](c2ccccc2)[NH2+][C@H](c2ccccc2)[C@@H]1C. The van der Waals surface area contributed by atoms with E-state index in [2.05, 4.69) is 86.8 Å². The third kappa shape index (κ3) is 3.51. The third-order valence-corrected chi connectivity index (χ3v) is 6.37. The van der Waals surface area contributed by atoms with Crippen LogP contribution < -0.4 is 5.32 Å². The quantitative estimate of drug-likeness (QED) is 0.840. The van der Waals surface area contributed by atoms with Crippen LogP contribution in [-0.2, 0) is 0 Å². The molecular formula is C23H32NO+. The molecule has 0 aromatic heterocycles. The van der Waals surface area contributed by atoms with Gasteiger partial charge in [0.2, 0.25) is 0 Å². The van der Waals surface area contributed by atoms with Crippen LogP contribution >= 0.6 is 0 Å². The van der Waals surface area contributed by atoms with E-state index >= 15 is 0 Å². The molecule has 2 aromatic carbocycles. The summed E-state index contributed by atoms with van der Waals surface area (Å²) in [5, 5.41) is 14.3. The second-order valence-corrected chi connectivity index (χ2v) is 7.74. The molecule has 0 aliphatic carbocycles. The molecule has 4 atom stereocenters. The maximum Gasteiger partial charge on any atom is 0.117 e. The summed E-state index contributed by atoms with van der Waals surface area (Å²) in [6.45, 7) is 6.68. The van der Waals surface area contributed by atoms with Gasteiger partial charge in [-0.05, 0) is 6.42 Å². The second-order valence-electron chi connectivity index (χ2n) is 7.74. The van der Waals surface area contributed by atoms with Crippen LogP contribution in [0.3, 0.4) is 0 Å². The lowest BCUT2D eigenvalue weighted by atomic mass is 9.64. The first kappa shape index (κ1) is 18.2. The Morgan fingerprint density at radius 3 is 1.68 bits per heavy atom. The minimum atomic E-state index is -0.633. The molecule has 0 spiro atoms. The zero-order valence-electron chi connectivity index (χ0n) is 15.7. The monoisotopic (exact) mass is 338 g/mol. The van der Waals surface area contributed by atoms with E-state index in [1.807, 2.05) is 0 Å². The number of hydrogen-bond acceptors (Lipinski definition) is 1. The topological polar surface area (TPSA) is 36.8 Å². The number of nitrogens with two attached hydrogens (primary N) is 1. The number of hydrogen-bond donors (Lipinski definition) is 2. The van der Waals surface area contributed by atoms with Crippen LogP contribution in [-0.4, -0.2) is 10.7 Å². The predicted molar refractivity (Wildman–Crippen MR) is 103 cm³/mol. The van der Waals surface area contributed by atoms with Crippen molar-refractivity contribution in [3.63, 3.8) is 0 Å². The predicted octanol–water partition coefficient (Wildman–Crippen LogP) is 4.24. The molecule has 2 aromatic rings. The lowest BCUT2D eigenvalue weighted by Gasteiger charge is -2.49. The Labute approximate surface area is 152 Å². The average molecular weight is 339 g/mol. The van der Waals surface area contributed by atoms with E-state index in [0.29, 0.717) is 0 Å². The van der Waals surface area contributed by atoms with E-state index in [1.165, 1.54) is 11.1 Å². The number of unbranched alkanes of at least 4 members (excludes halogenated alkanes) is 1. The number of piperidine rings is 1. The lowest BCUT2D eigenvalue weighted by molar-refractivity contribution is -0.764. The fourth-order valence-electron chi connectivity index (χ4n) is 4.66. The number of aliphatic hydroxyl groups is 1. The molecule has 2 nitrogen and oxygen atoms in total. The molecule has 3 rings (SSSR count). The van der Waals surface area contributed by atoms with Crippen LogP contribution in [0, 0.1) is 11.8 Å². The third-order valence-electron chi connectivity index (χ3n) is 6.37. The van der Waals surface area contributed by atoms with Crippen LogP contribution in [0.15, 0.2) is 60.7 Å². The van der Waals surface area contributed by atoms with Gasteiger partial charge >= 0.3 is 0 Å². The van der Waals surface area contributed by atoms with Gasteiger partial charge in [-0.15, -0.1) is 0 Å². The highest BCUT2D eigenvalue weighted by atomic mass is 16.3. The van der Waals surface area contributed by atoms with Gasteiger partial charge in [-0.25, -0.2) is 0 Å². The van der Waals surface area contributed by atoms with Gasteiger partial charge in [0.1, 0.15) is 12.1 Å². The molecule has 1 heterocycles. The molecule has 0 radical (unpaired) electrons. The molecule has 0 amide bonds. The van der Waals surface area contributed by atoms with E-state index in [-0.39, 0.29) is 23.9 Å². The van der Waals surface area contributed by atoms with E-state index in [4.69, 9.17) is 0 Å². The molecule has 0 unspecified atom stereocenters. The Hall–Kier alpha value is -1.64. The number of quaternary nitrogens is 1. The largest absolute Gasteiger partial charge is 0.389 e. The lowest BCUT2D eigenvalue weighted by Crippen LogP contribution is -2.93. The van der Waals surface area contributed by atoms with Crippen molar-refractivity contribution in [2.45, 2.75) is 57.7 Å². The Balaban J connectivity index is 2.00. The summed E-state index contributed by atoms with van der Waals surface area (Å²) in [6, 6.07) is 21.9. The average Bonchev–Trinajstić information content (AvgIpc) is 2.66. The first-order valence-corrected chi connectivity index (χ1v) is 9.75. The van der Waals surface area contributed by atoms with Crippen molar-refractivity contribution in [3.05, 3.63) is 71.8 Å². The molecular weight excluding hydrogens is 306 g/mol. The highest BCUT2D eigenvalue weighted by Gasteiger charge is 2.53. The first-order valence-electron chi connectivity index (χ1n) is 9.75. The summed E-state index contributed by atoms with van der Waals surface area (Å²) in [5.74, 6) is 0.438. The highest BCUT2D eigenvalue weighted by Crippen LogP contribution is 2.45. The molecule has 25 heavy (non-hydrogen) atoms. The van der Waals surface area contributed by atoms with Crippen molar-refractivity contribution in [3.8, 4) is 0 Å². The van der Waals surface area contributed by atoms with Crippen molar-refractivity contribution in [1.29, 1.82) is 0 Å². The van der Waals surface area contributed by atoms with Gasteiger partial charge in [-0.1, -0.05) is 94.3 Å². The smallest absolute Gasteiger partial charge is 0.117 e. The van der Waals surface area contributed by atoms with E-state index in [9.17, 15) is 5.11 Å². The van der Waals surface area contributed by atoms with Crippen LogP contribution in [0.5, 0.6) is 0 Å². The minimum Gasteiger partial charge on any atom is -0.389 e. The van der Waals surface area contributed by atoms with Gasteiger partial charge in [-0.3, -0.25) is 0 Å². The molecule has 0 saturated carbocycles. The van der Waals surface area contributed by atoms with Gasteiger partial charge in [0.05, 0.1) is 5.60 Å². The summed E-state index contributed by atoms with van der Waals surface area (Å²) in [6.07, 6.45) is 3.08. The Kier molecular flexibility index (Phi) is 5.61. The van der Waals surface area contributed by atoms with E-state index < -0.39 is 5.60 Å². The van der Waals surface area contributed by atoms with Crippen LogP contribution in [0.4, 0.5) is 0 Å². The van der Waals surface area contributed by atoms with Crippen molar-refractivity contribution < 1.29 is 10.4 Å². The van der Waals surface area contributed by atoms with Crippen LogP contribution in [0.25, 0.3) is 0 Å². The van der Waals surface area contributed by atoms with Crippen molar-refractivity contribution in [2.75, 3.05) is 0 Å². The Bertz CT molecular complexity index is 603. The fourth-order valence-corrected chi connectivity index (χ4v) is 4.66. The normalized spacial score (nSPS) is 32.5. The molecule has 0 bridgehead atoms. The van der Waals surface area contributed by atoms with E-state index in [0.717, 1.165) is 19.3 Å². The van der Waals surface area contributed by atoms with Crippen molar-refractivity contribution in [1.82, 2.24) is 0 Å². The second kappa shape index (κ2) is 7.72. The van der Waals surface area contributed by atoms with Crippen LogP contribution in [0.1, 0.15) is 63.2 Å². The summed E-state index contributed by atoms with van der Waals surface area (Å²) < 4.78 is 0. The fraction of sp³-hybridized carbons (Fsp3) is 0.478. The standard InChI is InChI=1S/C23H31NO/c1-4-5-16-23(25)17(2)21(19-12-8-6-9-13-19)24-22(18(23)3)20-14-10-7-11-15-20/h6-15,17-18,21-22,24-25H,4-5,16H2,1-3H3/p+1/t17-,18-,21-,22-/m0/s1. The first-order chi connectivity index (χ1) is 12.1. The van der Waals surface area contributed by atoms with Crippen LogP contribution in [0.2, 0.25) is 0 Å². The summed E-state index contributed by atoms with van der Waals surface area (Å²) >= 11 is 0. The maximum absolute atomic E-state index is 11.8. The number of benzene rings is 2. The molecule has 134 valence electrons. The Morgan fingerprint density at radius 2 is 1.28 bits per heavy atom.